The smallest absolute Gasteiger partial charge is 0.321 e. The van der Waals surface area contributed by atoms with Gasteiger partial charge in [-0.15, -0.1) is 0 Å². The summed E-state index contributed by atoms with van der Waals surface area (Å²) in [5.41, 5.74) is 1.55. The highest BCUT2D eigenvalue weighted by Crippen LogP contribution is 2.20. The summed E-state index contributed by atoms with van der Waals surface area (Å²) in [6.45, 7) is 1.98. The Balaban J connectivity index is 1.63. The number of carbonyl (C=O) groups is 2. The number of ether oxygens (including phenoxy) is 1. The van der Waals surface area contributed by atoms with Gasteiger partial charge in [-0.1, -0.05) is 0 Å². The highest BCUT2D eigenvalue weighted by molar-refractivity contribution is 5.96. The molecule has 1 aromatic rings. The second-order valence-corrected chi connectivity index (χ2v) is 4.92. The van der Waals surface area contributed by atoms with Gasteiger partial charge in [0.25, 0.3) is 5.91 Å². The van der Waals surface area contributed by atoms with Gasteiger partial charge < -0.3 is 15.4 Å². The van der Waals surface area contributed by atoms with Crippen molar-refractivity contribution in [1.29, 1.82) is 0 Å². The lowest BCUT2D eigenvalue weighted by molar-refractivity contribution is -0.124. The number of anilines is 2. The second kappa shape index (κ2) is 5.50. The monoisotopic (exact) mass is 275 g/mol. The molecule has 2 fully saturated rings. The van der Waals surface area contributed by atoms with Crippen molar-refractivity contribution in [2.24, 2.45) is 0 Å². The van der Waals surface area contributed by atoms with E-state index >= 15 is 0 Å². The third-order valence-corrected chi connectivity index (χ3v) is 3.53. The molecule has 0 radical (unpaired) electrons. The molecule has 3 amide bonds. The highest BCUT2D eigenvalue weighted by Gasteiger charge is 2.24. The first kappa shape index (κ1) is 12.9. The highest BCUT2D eigenvalue weighted by atomic mass is 16.5. The Bertz CT molecular complexity index is 509. The van der Waals surface area contributed by atoms with Crippen molar-refractivity contribution < 1.29 is 14.3 Å². The van der Waals surface area contributed by atoms with Crippen molar-refractivity contribution in [1.82, 2.24) is 5.32 Å². The first-order valence-corrected chi connectivity index (χ1v) is 6.82. The second-order valence-electron chi connectivity index (χ2n) is 4.92. The molecule has 0 unspecified atom stereocenters. The van der Waals surface area contributed by atoms with Crippen LogP contribution in [0.4, 0.5) is 16.2 Å². The molecule has 6 heteroatoms. The van der Waals surface area contributed by atoms with Crippen molar-refractivity contribution in [3.05, 3.63) is 24.3 Å². The lowest BCUT2D eigenvalue weighted by Gasteiger charge is -2.15. The summed E-state index contributed by atoms with van der Waals surface area (Å²) < 4.78 is 5.33. The Morgan fingerprint density at radius 2 is 2.15 bits per heavy atom. The Hall–Kier alpha value is -2.08. The predicted molar refractivity (Wildman–Crippen MR) is 74.8 cm³/mol. The first-order chi connectivity index (χ1) is 9.74. The standard InChI is InChI=1S/C14H17N3O3/c18-13(12-2-1-9-20-12)16-10-3-5-11(6-4-10)17-8-7-15-14(17)19/h3-6,12H,1-2,7-9H2,(H,15,19)(H,16,18)/t12-/m1/s1. The molecule has 0 aromatic heterocycles. The van der Waals surface area contributed by atoms with Crippen LogP contribution in [-0.2, 0) is 9.53 Å². The van der Waals surface area contributed by atoms with E-state index in [0.717, 1.165) is 18.5 Å². The zero-order valence-electron chi connectivity index (χ0n) is 11.1. The number of rotatable bonds is 3. The van der Waals surface area contributed by atoms with Gasteiger partial charge >= 0.3 is 6.03 Å². The van der Waals surface area contributed by atoms with Crippen LogP contribution in [0.1, 0.15) is 12.8 Å². The molecule has 1 aromatic carbocycles. The number of urea groups is 1. The average Bonchev–Trinajstić information content (AvgIpc) is 3.11. The molecule has 3 rings (SSSR count). The lowest BCUT2D eigenvalue weighted by atomic mass is 10.2. The van der Waals surface area contributed by atoms with Crippen LogP contribution in [0.2, 0.25) is 0 Å². The van der Waals surface area contributed by atoms with E-state index in [9.17, 15) is 9.59 Å². The van der Waals surface area contributed by atoms with Crippen LogP contribution < -0.4 is 15.5 Å². The van der Waals surface area contributed by atoms with Crippen molar-refractivity contribution in [2.45, 2.75) is 18.9 Å². The molecular weight excluding hydrogens is 258 g/mol. The van der Waals surface area contributed by atoms with Crippen molar-refractivity contribution in [3.63, 3.8) is 0 Å². The Morgan fingerprint density at radius 3 is 2.75 bits per heavy atom. The average molecular weight is 275 g/mol. The van der Waals surface area contributed by atoms with Crippen molar-refractivity contribution >= 4 is 23.3 Å². The van der Waals surface area contributed by atoms with Crippen LogP contribution in [0.15, 0.2) is 24.3 Å². The van der Waals surface area contributed by atoms with Crippen molar-refractivity contribution in [3.8, 4) is 0 Å². The fraction of sp³-hybridized carbons (Fsp3) is 0.429. The van der Waals surface area contributed by atoms with Crippen molar-refractivity contribution in [2.75, 3.05) is 29.9 Å². The van der Waals surface area contributed by atoms with E-state index in [4.69, 9.17) is 4.74 Å². The minimum Gasteiger partial charge on any atom is -0.368 e. The number of amides is 3. The molecule has 0 spiro atoms. The number of hydrogen-bond acceptors (Lipinski definition) is 3. The van der Waals surface area contributed by atoms with E-state index in [2.05, 4.69) is 10.6 Å². The molecule has 106 valence electrons. The zero-order valence-corrected chi connectivity index (χ0v) is 11.1. The third-order valence-electron chi connectivity index (χ3n) is 3.53. The molecule has 2 saturated heterocycles. The van der Waals surface area contributed by atoms with Gasteiger partial charge in [0.15, 0.2) is 0 Å². The maximum absolute atomic E-state index is 11.9. The molecule has 2 N–H and O–H groups in total. The van der Waals surface area contributed by atoms with Gasteiger partial charge in [-0.3, -0.25) is 9.69 Å². The lowest BCUT2D eigenvalue weighted by Crippen LogP contribution is -2.28. The summed E-state index contributed by atoms with van der Waals surface area (Å²) in [5, 5.41) is 5.58. The molecule has 1 atom stereocenters. The Morgan fingerprint density at radius 1 is 1.35 bits per heavy atom. The Labute approximate surface area is 117 Å². The minimum absolute atomic E-state index is 0.0823. The topological polar surface area (TPSA) is 70.7 Å². The number of carbonyl (C=O) groups excluding carboxylic acids is 2. The van der Waals surface area contributed by atoms with Gasteiger partial charge in [0.1, 0.15) is 6.10 Å². The summed E-state index contributed by atoms with van der Waals surface area (Å²) in [4.78, 5) is 25.1. The molecule has 6 nitrogen and oxygen atoms in total. The molecule has 2 aliphatic heterocycles. The summed E-state index contributed by atoms with van der Waals surface area (Å²) in [5.74, 6) is -0.103. The first-order valence-electron chi connectivity index (χ1n) is 6.82. The van der Waals surface area contributed by atoms with Crippen LogP contribution in [0.5, 0.6) is 0 Å². The third kappa shape index (κ3) is 2.60. The number of hydrogen-bond donors (Lipinski definition) is 2. The van der Waals surface area contributed by atoms with Gasteiger partial charge in [-0.25, -0.2) is 4.79 Å². The quantitative estimate of drug-likeness (QED) is 0.874. The maximum atomic E-state index is 11.9. The Kier molecular flexibility index (Phi) is 3.56. The fourth-order valence-electron chi connectivity index (χ4n) is 2.45. The molecule has 2 heterocycles. The maximum Gasteiger partial charge on any atom is 0.321 e. The van der Waals surface area contributed by atoms with Gasteiger partial charge in [0.2, 0.25) is 0 Å². The molecule has 0 saturated carbocycles. The van der Waals surface area contributed by atoms with Crippen LogP contribution in [0.3, 0.4) is 0 Å². The zero-order chi connectivity index (χ0) is 13.9. The number of nitrogens with zero attached hydrogens (tertiary/aromatic N) is 1. The van der Waals surface area contributed by atoms with E-state index in [1.54, 1.807) is 17.0 Å². The van der Waals surface area contributed by atoms with E-state index in [-0.39, 0.29) is 18.0 Å². The van der Waals surface area contributed by atoms with E-state index in [0.29, 0.717) is 25.4 Å². The predicted octanol–water partition coefficient (Wildman–Crippen LogP) is 1.33. The number of benzene rings is 1. The fourth-order valence-corrected chi connectivity index (χ4v) is 2.45. The molecule has 0 aliphatic carbocycles. The van der Waals surface area contributed by atoms with E-state index in [1.165, 1.54) is 0 Å². The van der Waals surface area contributed by atoms with Crippen LogP contribution in [-0.4, -0.2) is 37.7 Å². The summed E-state index contributed by atoms with van der Waals surface area (Å²) in [6.07, 6.45) is 1.37. The van der Waals surface area contributed by atoms with Gasteiger partial charge in [0, 0.05) is 31.1 Å². The normalized spacial score (nSPS) is 21.9. The van der Waals surface area contributed by atoms with Gasteiger partial charge in [-0.05, 0) is 37.1 Å². The van der Waals surface area contributed by atoms with Crippen LogP contribution in [0.25, 0.3) is 0 Å². The SMILES string of the molecule is O=C(Nc1ccc(N2CCNC2=O)cc1)[C@H]1CCCO1. The molecule has 20 heavy (non-hydrogen) atoms. The van der Waals surface area contributed by atoms with E-state index in [1.807, 2.05) is 12.1 Å². The van der Waals surface area contributed by atoms with Gasteiger partial charge in [0.05, 0.1) is 0 Å². The van der Waals surface area contributed by atoms with E-state index < -0.39 is 0 Å². The number of nitrogens with one attached hydrogen (secondary N) is 2. The summed E-state index contributed by atoms with van der Waals surface area (Å²) in [6, 6.07) is 7.18. The molecular formula is C14H17N3O3. The van der Waals surface area contributed by atoms with Crippen LogP contribution in [0, 0.1) is 0 Å². The molecule has 2 aliphatic rings. The minimum atomic E-state index is -0.334. The summed E-state index contributed by atoms with van der Waals surface area (Å²) in [7, 11) is 0. The van der Waals surface area contributed by atoms with Crippen LogP contribution >= 0.6 is 0 Å². The largest absolute Gasteiger partial charge is 0.368 e. The summed E-state index contributed by atoms with van der Waals surface area (Å²) >= 11 is 0. The molecule has 0 bridgehead atoms. The van der Waals surface area contributed by atoms with Gasteiger partial charge in [-0.2, -0.15) is 0 Å².